The molecule has 2 atom stereocenters. The third kappa shape index (κ3) is 4.92. The highest BCUT2D eigenvalue weighted by Gasteiger charge is 2.37. The number of fused-ring (bicyclic) bond motifs is 1. The first-order valence-corrected chi connectivity index (χ1v) is 12.7. The van der Waals surface area contributed by atoms with Crippen LogP contribution in [-0.4, -0.2) is 72.4 Å². The van der Waals surface area contributed by atoms with Gasteiger partial charge in [0.1, 0.15) is 11.9 Å². The number of hydrogen-bond donors (Lipinski definition) is 3. The summed E-state index contributed by atoms with van der Waals surface area (Å²) in [7, 11) is 0. The van der Waals surface area contributed by atoms with Gasteiger partial charge in [0.25, 0.3) is 0 Å². The number of benzene rings is 1. The second-order valence-corrected chi connectivity index (χ2v) is 9.89. The number of likely N-dealkylation sites (tertiary alicyclic amines) is 1. The highest BCUT2D eigenvalue weighted by molar-refractivity contribution is 5.80. The van der Waals surface area contributed by atoms with Gasteiger partial charge in [-0.1, -0.05) is 12.1 Å². The van der Waals surface area contributed by atoms with Gasteiger partial charge in [-0.15, -0.1) is 0 Å². The third-order valence-corrected chi connectivity index (χ3v) is 7.34. The van der Waals surface area contributed by atoms with Crippen LogP contribution in [0.25, 0.3) is 33.7 Å². The van der Waals surface area contributed by atoms with Crippen LogP contribution in [0.4, 0.5) is 0 Å². The van der Waals surface area contributed by atoms with Crippen molar-refractivity contribution in [3.8, 4) is 28.5 Å². The van der Waals surface area contributed by atoms with Crippen LogP contribution >= 0.6 is 0 Å². The van der Waals surface area contributed by atoms with E-state index in [9.17, 15) is 15.0 Å². The summed E-state index contributed by atoms with van der Waals surface area (Å²) in [6.45, 7) is 0.425. The molecule has 3 N–H and O–H groups in total. The summed E-state index contributed by atoms with van der Waals surface area (Å²) in [5.74, 6) is 1.29. The van der Waals surface area contributed by atoms with Gasteiger partial charge in [0.05, 0.1) is 28.9 Å². The molecule has 9 nitrogen and oxygen atoms in total. The minimum atomic E-state index is -0.845. The summed E-state index contributed by atoms with van der Waals surface area (Å²) in [6, 6.07) is 15.7. The molecule has 2 aliphatic rings. The lowest BCUT2D eigenvalue weighted by Gasteiger charge is -2.30. The van der Waals surface area contributed by atoms with Crippen molar-refractivity contribution in [1.29, 1.82) is 0 Å². The first kappa shape index (κ1) is 23.6. The number of nitrogens with zero attached hydrogens (tertiary/aromatic N) is 4. The quantitative estimate of drug-likeness (QED) is 0.385. The second-order valence-electron chi connectivity index (χ2n) is 9.89. The molecule has 6 rings (SSSR count). The zero-order valence-corrected chi connectivity index (χ0v) is 20.3. The predicted molar refractivity (Wildman–Crippen MR) is 138 cm³/mol. The summed E-state index contributed by atoms with van der Waals surface area (Å²) >= 11 is 0. The van der Waals surface area contributed by atoms with E-state index in [0.29, 0.717) is 5.88 Å². The Hall–Kier alpha value is -3.82. The Labute approximate surface area is 214 Å². The fourth-order valence-electron chi connectivity index (χ4n) is 5.20. The molecule has 37 heavy (non-hydrogen) atoms. The highest BCUT2D eigenvalue weighted by Crippen LogP contribution is 2.30. The highest BCUT2D eigenvalue weighted by atomic mass is 16.5. The first-order chi connectivity index (χ1) is 18.0. The molecule has 0 unspecified atom stereocenters. The fourth-order valence-corrected chi connectivity index (χ4v) is 5.20. The Balaban J connectivity index is 1.04. The lowest BCUT2D eigenvalue weighted by atomic mass is 9.86. The summed E-state index contributed by atoms with van der Waals surface area (Å²) in [5.41, 5.74) is 4.54. The Morgan fingerprint density at radius 1 is 0.892 bits per heavy atom. The lowest BCUT2D eigenvalue weighted by molar-refractivity contribution is -0.136. The fraction of sp³-hybridized carbons (Fsp3) is 0.357. The van der Waals surface area contributed by atoms with Gasteiger partial charge in [0.15, 0.2) is 0 Å². The van der Waals surface area contributed by atoms with Gasteiger partial charge in [-0.3, -0.25) is 9.78 Å². The number of amides is 1. The monoisotopic (exact) mass is 499 g/mol. The molecule has 4 aromatic rings. The number of β-amino-alcohol motifs (C(OH)–C–C–N with tert-alkyl or cyclic N) is 2. The van der Waals surface area contributed by atoms with Crippen molar-refractivity contribution in [1.82, 2.24) is 24.8 Å². The van der Waals surface area contributed by atoms with E-state index >= 15 is 0 Å². The van der Waals surface area contributed by atoms with Gasteiger partial charge in [-0.2, -0.15) is 0 Å². The summed E-state index contributed by atoms with van der Waals surface area (Å²) in [4.78, 5) is 31.3. The number of para-hydroxylation sites is 2. The molecule has 1 saturated heterocycles. The molecular weight excluding hydrogens is 470 g/mol. The number of pyridine rings is 2. The molecule has 0 spiro atoms. The number of rotatable bonds is 5. The molecule has 1 aliphatic heterocycles. The van der Waals surface area contributed by atoms with Crippen molar-refractivity contribution >= 4 is 16.9 Å². The second kappa shape index (κ2) is 9.91. The summed E-state index contributed by atoms with van der Waals surface area (Å²) in [6.07, 6.45) is 4.88. The number of carbonyl (C=O) groups excluding carboxylic acids is 1. The number of nitrogens with one attached hydrogen (secondary N) is 1. The number of aliphatic hydroxyl groups is 2. The van der Waals surface area contributed by atoms with Gasteiger partial charge >= 0.3 is 0 Å². The number of aromatic amines is 1. The molecule has 1 saturated carbocycles. The largest absolute Gasteiger partial charge is 0.474 e. The zero-order chi connectivity index (χ0) is 25.4. The average molecular weight is 500 g/mol. The van der Waals surface area contributed by atoms with Crippen molar-refractivity contribution in [2.75, 3.05) is 13.1 Å². The van der Waals surface area contributed by atoms with Crippen molar-refractivity contribution < 1.29 is 19.7 Å². The Morgan fingerprint density at radius 3 is 2.30 bits per heavy atom. The maximum absolute atomic E-state index is 12.7. The van der Waals surface area contributed by atoms with E-state index in [-0.39, 0.29) is 31.0 Å². The number of aromatic nitrogens is 4. The van der Waals surface area contributed by atoms with Crippen LogP contribution in [0.15, 0.2) is 60.9 Å². The van der Waals surface area contributed by atoms with Crippen LogP contribution in [0.5, 0.6) is 5.88 Å². The van der Waals surface area contributed by atoms with Crippen LogP contribution in [0.1, 0.15) is 25.7 Å². The van der Waals surface area contributed by atoms with E-state index < -0.39 is 12.2 Å². The minimum absolute atomic E-state index is 0.0124. The van der Waals surface area contributed by atoms with E-state index in [2.05, 4.69) is 19.9 Å². The molecule has 1 aromatic carbocycles. The van der Waals surface area contributed by atoms with Crippen LogP contribution in [-0.2, 0) is 4.79 Å². The molecular formula is C28H29N5O4. The van der Waals surface area contributed by atoms with Crippen molar-refractivity contribution in [2.24, 2.45) is 5.92 Å². The van der Waals surface area contributed by atoms with Crippen LogP contribution in [0.2, 0.25) is 0 Å². The van der Waals surface area contributed by atoms with Crippen LogP contribution in [0, 0.1) is 5.92 Å². The number of H-pyrrole nitrogens is 1. The van der Waals surface area contributed by atoms with Gasteiger partial charge in [-0.05, 0) is 56.0 Å². The number of ether oxygens (including phenoxy) is 1. The summed E-state index contributed by atoms with van der Waals surface area (Å²) < 4.78 is 6.09. The maximum atomic E-state index is 12.7. The van der Waals surface area contributed by atoms with E-state index in [1.165, 1.54) is 0 Å². The molecule has 190 valence electrons. The van der Waals surface area contributed by atoms with Crippen LogP contribution in [0.3, 0.4) is 0 Å². The molecule has 3 aromatic heterocycles. The molecule has 1 amide bonds. The first-order valence-electron chi connectivity index (χ1n) is 12.7. The molecule has 0 radical (unpaired) electrons. The molecule has 9 heteroatoms. The van der Waals surface area contributed by atoms with Gasteiger partial charge in [0, 0.05) is 48.6 Å². The van der Waals surface area contributed by atoms with Gasteiger partial charge in [0.2, 0.25) is 11.8 Å². The van der Waals surface area contributed by atoms with E-state index in [1.54, 1.807) is 17.3 Å². The Morgan fingerprint density at radius 2 is 1.62 bits per heavy atom. The maximum Gasteiger partial charge on any atom is 0.225 e. The predicted octanol–water partition coefficient (Wildman–Crippen LogP) is 3.19. The van der Waals surface area contributed by atoms with Crippen LogP contribution < -0.4 is 4.74 Å². The third-order valence-electron chi connectivity index (χ3n) is 7.34. The molecule has 0 bridgehead atoms. The lowest BCUT2D eigenvalue weighted by Crippen LogP contribution is -2.38. The number of aliphatic hydroxyl groups excluding tert-OH is 2. The SMILES string of the molecule is O=C([C@H]1CC[C@H](Oc2ccc(-c3ccc(-c4nc5ccccc5[nH]4)cn3)cn2)CC1)N1C[C@@H](O)[C@@H](O)C1. The van der Waals surface area contributed by atoms with Crippen molar-refractivity contribution in [3.63, 3.8) is 0 Å². The normalized spacial score (nSPS) is 23.9. The zero-order valence-electron chi connectivity index (χ0n) is 20.3. The van der Waals surface area contributed by atoms with Crippen molar-refractivity contribution in [2.45, 2.75) is 44.0 Å². The molecule has 1 aliphatic carbocycles. The number of imidazole rings is 1. The smallest absolute Gasteiger partial charge is 0.225 e. The standard InChI is InChI=1S/C28H29N5O4/c34-24-15-33(16-25(24)35)28(36)17-5-9-20(10-6-17)37-26-12-8-18(13-30-26)21-11-7-19(14-29-21)27-31-22-3-1-2-4-23(22)32-27/h1-4,7-8,11-14,17,20,24-25,34-35H,5-6,9-10,15-16H2,(H,31,32)/t17-,20-,24-,25+. The molecule has 2 fully saturated rings. The number of carbonyl (C=O) groups is 1. The Bertz CT molecular complexity index is 1340. The average Bonchev–Trinajstić information content (AvgIpc) is 3.52. The van der Waals surface area contributed by atoms with Gasteiger partial charge < -0.3 is 24.8 Å². The number of hydrogen-bond acceptors (Lipinski definition) is 7. The van der Waals surface area contributed by atoms with Crippen molar-refractivity contribution in [3.05, 3.63) is 60.9 Å². The van der Waals surface area contributed by atoms with E-state index in [1.807, 2.05) is 48.5 Å². The topological polar surface area (TPSA) is 124 Å². The van der Waals surface area contributed by atoms with E-state index in [0.717, 1.165) is 59.4 Å². The minimum Gasteiger partial charge on any atom is -0.474 e. The molecule has 4 heterocycles. The summed E-state index contributed by atoms with van der Waals surface area (Å²) in [5, 5.41) is 19.4. The Kier molecular flexibility index (Phi) is 6.31. The van der Waals surface area contributed by atoms with Gasteiger partial charge in [-0.25, -0.2) is 9.97 Å². The van der Waals surface area contributed by atoms with E-state index in [4.69, 9.17) is 4.74 Å².